The van der Waals surface area contributed by atoms with Gasteiger partial charge in [0.15, 0.2) is 11.7 Å². The average molecular weight is 422 g/mol. The molecule has 0 saturated carbocycles. The summed E-state index contributed by atoms with van der Waals surface area (Å²) >= 11 is 5.17. The number of hydrazine groups is 1. The Balaban J connectivity index is 1.39. The van der Waals surface area contributed by atoms with Crippen molar-refractivity contribution in [3.63, 3.8) is 0 Å². The van der Waals surface area contributed by atoms with Gasteiger partial charge in [0, 0.05) is 5.69 Å². The van der Waals surface area contributed by atoms with Crippen molar-refractivity contribution in [3.8, 4) is 22.6 Å². The summed E-state index contributed by atoms with van der Waals surface area (Å²) in [5.74, 6) is 1.04. The fourth-order valence-corrected chi connectivity index (χ4v) is 2.82. The Labute approximate surface area is 181 Å². The number of hydrogen-bond donors (Lipinski definition) is 3. The van der Waals surface area contributed by atoms with Crippen LogP contribution in [-0.4, -0.2) is 24.2 Å². The molecule has 154 valence electrons. The van der Waals surface area contributed by atoms with Crippen molar-refractivity contribution in [2.45, 2.75) is 6.92 Å². The zero-order valence-electron chi connectivity index (χ0n) is 16.6. The van der Waals surface area contributed by atoms with E-state index < -0.39 is 0 Å². The number of anilines is 1. The van der Waals surface area contributed by atoms with Crippen LogP contribution in [0.4, 0.5) is 5.69 Å². The molecule has 0 bridgehead atoms. The van der Waals surface area contributed by atoms with Crippen LogP contribution >= 0.6 is 12.2 Å². The molecule has 0 heterocycles. The maximum atomic E-state index is 12.0. The van der Waals surface area contributed by atoms with Crippen LogP contribution in [0.2, 0.25) is 0 Å². The summed E-state index contributed by atoms with van der Waals surface area (Å²) < 4.78 is 10.9. The molecule has 3 rings (SSSR count). The lowest BCUT2D eigenvalue weighted by Crippen LogP contribution is -2.45. The lowest BCUT2D eigenvalue weighted by Gasteiger charge is -2.12. The molecule has 0 radical (unpaired) electrons. The van der Waals surface area contributed by atoms with Gasteiger partial charge >= 0.3 is 0 Å². The van der Waals surface area contributed by atoms with Crippen LogP contribution in [0.1, 0.15) is 6.92 Å². The van der Waals surface area contributed by atoms with Crippen molar-refractivity contribution in [2.24, 2.45) is 0 Å². The molecular weight excluding hydrogens is 398 g/mol. The van der Waals surface area contributed by atoms with Crippen LogP contribution in [0, 0.1) is 0 Å². The quantitative estimate of drug-likeness (QED) is 0.393. The number of amides is 1. The van der Waals surface area contributed by atoms with Gasteiger partial charge in [-0.1, -0.05) is 42.5 Å². The molecule has 7 heteroatoms. The van der Waals surface area contributed by atoms with Gasteiger partial charge in [0.25, 0.3) is 5.91 Å². The van der Waals surface area contributed by atoms with Crippen LogP contribution in [0.15, 0.2) is 78.9 Å². The molecular formula is C23H23N3O3S. The van der Waals surface area contributed by atoms with Crippen molar-refractivity contribution >= 4 is 28.9 Å². The number of hydrogen-bond acceptors (Lipinski definition) is 4. The Kier molecular flexibility index (Phi) is 7.63. The second-order valence-corrected chi connectivity index (χ2v) is 6.67. The lowest BCUT2D eigenvalue weighted by atomic mass is 10.1. The van der Waals surface area contributed by atoms with E-state index in [-0.39, 0.29) is 17.6 Å². The molecule has 0 fully saturated rings. The highest BCUT2D eigenvalue weighted by atomic mass is 32.1. The first-order valence-electron chi connectivity index (χ1n) is 9.51. The predicted octanol–water partition coefficient (Wildman–Crippen LogP) is 4.15. The van der Waals surface area contributed by atoms with Gasteiger partial charge in [-0.15, -0.1) is 0 Å². The Morgan fingerprint density at radius 2 is 1.40 bits per heavy atom. The van der Waals surface area contributed by atoms with Crippen LogP contribution in [0.5, 0.6) is 11.5 Å². The average Bonchev–Trinajstić information content (AvgIpc) is 2.79. The summed E-state index contributed by atoms with van der Waals surface area (Å²) in [4.78, 5) is 12.0. The van der Waals surface area contributed by atoms with Crippen molar-refractivity contribution in [1.82, 2.24) is 10.9 Å². The second kappa shape index (κ2) is 10.8. The van der Waals surface area contributed by atoms with Crippen molar-refractivity contribution in [1.29, 1.82) is 0 Å². The Morgan fingerprint density at radius 3 is 2.07 bits per heavy atom. The molecule has 3 N–H and O–H groups in total. The highest BCUT2D eigenvalue weighted by Crippen LogP contribution is 2.22. The first-order chi connectivity index (χ1) is 14.6. The molecule has 0 aliphatic carbocycles. The molecule has 1 amide bonds. The third kappa shape index (κ3) is 6.49. The molecule has 0 unspecified atom stereocenters. The first-order valence-corrected chi connectivity index (χ1v) is 9.92. The summed E-state index contributed by atoms with van der Waals surface area (Å²) in [6, 6.07) is 25.0. The van der Waals surface area contributed by atoms with Crippen molar-refractivity contribution < 1.29 is 14.3 Å². The van der Waals surface area contributed by atoms with Gasteiger partial charge in [-0.2, -0.15) is 0 Å². The maximum Gasteiger partial charge on any atom is 0.276 e. The molecule has 0 aliphatic rings. The van der Waals surface area contributed by atoms with E-state index >= 15 is 0 Å². The zero-order valence-corrected chi connectivity index (χ0v) is 17.4. The van der Waals surface area contributed by atoms with Crippen LogP contribution in [0.25, 0.3) is 11.1 Å². The van der Waals surface area contributed by atoms with Crippen molar-refractivity contribution in [3.05, 3.63) is 78.9 Å². The Bertz CT molecular complexity index is 961. The molecule has 0 atom stereocenters. The van der Waals surface area contributed by atoms with Crippen LogP contribution < -0.4 is 25.6 Å². The summed E-state index contributed by atoms with van der Waals surface area (Å²) in [6.07, 6.45) is 0. The minimum atomic E-state index is -0.349. The fraction of sp³-hybridized carbons (Fsp3) is 0.130. The van der Waals surface area contributed by atoms with E-state index in [9.17, 15) is 4.79 Å². The lowest BCUT2D eigenvalue weighted by molar-refractivity contribution is -0.123. The Hall–Kier alpha value is -3.58. The minimum Gasteiger partial charge on any atom is -0.494 e. The number of thiocarbonyl (C=S) groups is 1. The highest BCUT2D eigenvalue weighted by Gasteiger charge is 2.05. The van der Waals surface area contributed by atoms with E-state index in [1.54, 1.807) is 0 Å². The number of rotatable bonds is 7. The highest BCUT2D eigenvalue weighted by molar-refractivity contribution is 7.80. The monoisotopic (exact) mass is 421 g/mol. The van der Waals surface area contributed by atoms with Crippen molar-refractivity contribution in [2.75, 3.05) is 18.5 Å². The van der Waals surface area contributed by atoms with Crippen LogP contribution in [0.3, 0.4) is 0 Å². The van der Waals surface area contributed by atoms with E-state index in [2.05, 4.69) is 16.2 Å². The molecule has 0 aliphatic heterocycles. The maximum absolute atomic E-state index is 12.0. The van der Waals surface area contributed by atoms with Gasteiger partial charge in [0.05, 0.1) is 6.61 Å². The molecule has 3 aromatic carbocycles. The van der Waals surface area contributed by atoms with E-state index in [0.29, 0.717) is 12.4 Å². The summed E-state index contributed by atoms with van der Waals surface area (Å²) in [5.41, 5.74) is 8.13. The van der Waals surface area contributed by atoms with Gasteiger partial charge < -0.3 is 14.8 Å². The number of carbonyl (C=O) groups excluding carboxylic acids is 1. The molecule has 6 nitrogen and oxygen atoms in total. The molecule has 0 saturated heterocycles. The predicted molar refractivity (Wildman–Crippen MR) is 122 cm³/mol. The van der Waals surface area contributed by atoms with Gasteiger partial charge in [0.1, 0.15) is 11.5 Å². The fourth-order valence-electron chi connectivity index (χ4n) is 2.65. The summed E-state index contributed by atoms with van der Waals surface area (Å²) in [7, 11) is 0. The SMILES string of the molecule is CCOc1ccc(NC(=S)NNC(=O)COc2ccc(-c3ccccc3)cc2)cc1. The Morgan fingerprint density at radius 1 is 0.800 bits per heavy atom. The van der Waals surface area contributed by atoms with Gasteiger partial charge in [-0.25, -0.2) is 0 Å². The minimum absolute atomic E-state index is 0.136. The summed E-state index contributed by atoms with van der Waals surface area (Å²) in [5, 5.41) is 3.24. The number of nitrogens with one attached hydrogen (secondary N) is 3. The third-order valence-corrected chi connectivity index (χ3v) is 4.27. The largest absolute Gasteiger partial charge is 0.494 e. The van der Waals surface area contributed by atoms with Gasteiger partial charge in [0.2, 0.25) is 0 Å². The van der Waals surface area contributed by atoms with E-state index in [1.165, 1.54) is 0 Å². The van der Waals surface area contributed by atoms with E-state index in [4.69, 9.17) is 21.7 Å². The number of carbonyl (C=O) groups is 1. The van der Waals surface area contributed by atoms with E-state index in [1.807, 2.05) is 85.8 Å². The number of benzene rings is 3. The molecule has 0 aromatic heterocycles. The normalized spacial score (nSPS) is 10.0. The topological polar surface area (TPSA) is 71.6 Å². The number of ether oxygens (including phenoxy) is 2. The van der Waals surface area contributed by atoms with Crippen LogP contribution in [-0.2, 0) is 4.79 Å². The summed E-state index contributed by atoms with van der Waals surface area (Å²) in [6.45, 7) is 2.40. The smallest absolute Gasteiger partial charge is 0.276 e. The second-order valence-electron chi connectivity index (χ2n) is 6.26. The zero-order chi connectivity index (χ0) is 21.2. The molecule has 3 aromatic rings. The standard InChI is InChI=1S/C23H23N3O3S/c1-2-28-20-14-10-19(11-15-20)24-23(30)26-25-22(27)16-29-21-12-8-18(9-13-21)17-6-4-3-5-7-17/h3-15H,2,16H2,1H3,(H,25,27)(H2,24,26,30). The molecule has 30 heavy (non-hydrogen) atoms. The van der Waals surface area contributed by atoms with Gasteiger partial charge in [-0.3, -0.25) is 15.6 Å². The third-order valence-electron chi connectivity index (χ3n) is 4.07. The van der Waals surface area contributed by atoms with E-state index in [0.717, 1.165) is 22.6 Å². The first kappa shape index (κ1) is 21.1. The van der Waals surface area contributed by atoms with Gasteiger partial charge in [-0.05, 0) is 66.7 Å². The molecule has 0 spiro atoms.